The smallest absolute Gasteiger partial charge is 0.243 e. The zero-order valence-electron chi connectivity index (χ0n) is 17.7. The first kappa shape index (κ1) is 24.3. The number of nitrogens with one attached hydrogen (secondary N) is 1. The van der Waals surface area contributed by atoms with Gasteiger partial charge in [0.1, 0.15) is 5.82 Å². The molecule has 0 spiro atoms. The topological polar surface area (TPSA) is 107 Å². The molecule has 0 bridgehead atoms. The fraction of sp³-hybridized carbons (Fsp3) is 0.350. The van der Waals surface area contributed by atoms with Crippen LogP contribution in [0.5, 0.6) is 0 Å². The Balaban J connectivity index is 1.62. The molecule has 1 N–H and O–H groups in total. The summed E-state index contributed by atoms with van der Waals surface area (Å²) in [4.78, 5) is 14.3. The van der Waals surface area contributed by atoms with Gasteiger partial charge in [-0.15, -0.1) is 0 Å². The number of likely N-dealkylation sites (N-methyl/N-ethyl adjacent to an activating group) is 2. The summed E-state index contributed by atoms with van der Waals surface area (Å²) in [6.45, 7) is 1.66. The second-order valence-corrected chi connectivity index (χ2v) is 11.5. The van der Waals surface area contributed by atoms with E-state index in [4.69, 9.17) is 0 Å². The van der Waals surface area contributed by atoms with Gasteiger partial charge in [-0.3, -0.25) is 4.79 Å². The molecule has 2 aromatic rings. The van der Waals surface area contributed by atoms with Crippen LogP contribution in [0.15, 0.2) is 58.3 Å². The minimum atomic E-state index is -3.97. The summed E-state index contributed by atoms with van der Waals surface area (Å²) < 4.78 is 65.8. The summed E-state index contributed by atoms with van der Waals surface area (Å²) in [5, 5.41) is 2.55. The van der Waals surface area contributed by atoms with Crippen molar-refractivity contribution >= 4 is 31.6 Å². The van der Waals surface area contributed by atoms with Gasteiger partial charge in [0.15, 0.2) is 0 Å². The van der Waals surface area contributed by atoms with Gasteiger partial charge in [0.25, 0.3) is 0 Å². The maximum absolute atomic E-state index is 13.0. The highest BCUT2D eigenvalue weighted by Crippen LogP contribution is 2.20. The van der Waals surface area contributed by atoms with Gasteiger partial charge < -0.3 is 10.2 Å². The normalized spacial score (nSPS) is 16.2. The summed E-state index contributed by atoms with van der Waals surface area (Å²) in [5.74, 6) is -1.17. The number of piperazine rings is 1. The number of sulfonamides is 2. The van der Waals surface area contributed by atoms with E-state index in [0.29, 0.717) is 31.9 Å². The number of carbonyl (C=O) groups is 1. The molecule has 0 saturated carbocycles. The molecule has 2 aromatic carbocycles. The second kappa shape index (κ2) is 9.63. The predicted octanol–water partition coefficient (Wildman–Crippen LogP) is 1.02. The Labute approximate surface area is 187 Å². The van der Waals surface area contributed by atoms with Crippen LogP contribution in [0.1, 0.15) is 0 Å². The molecular weight excluding hydrogens is 459 g/mol. The summed E-state index contributed by atoms with van der Waals surface area (Å²) >= 11 is 0. The third kappa shape index (κ3) is 5.51. The molecule has 1 fully saturated rings. The Hall–Kier alpha value is -2.38. The molecule has 1 aliphatic heterocycles. The first-order valence-corrected chi connectivity index (χ1v) is 12.7. The van der Waals surface area contributed by atoms with Gasteiger partial charge in [-0.05, 0) is 55.6 Å². The molecule has 0 aromatic heterocycles. The van der Waals surface area contributed by atoms with Gasteiger partial charge in [-0.1, -0.05) is 0 Å². The van der Waals surface area contributed by atoms with E-state index in [1.165, 1.54) is 35.6 Å². The Morgan fingerprint density at radius 3 is 2.03 bits per heavy atom. The van der Waals surface area contributed by atoms with E-state index in [-0.39, 0.29) is 9.79 Å². The highest BCUT2D eigenvalue weighted by molar-refractivity contribution is 7.89. The number of rotatable bonds is 7. The monoisotopic (exact) mass is 484 g/mol. The van der Waals surface area contributed by atoms with Crippen LogP contribution in [0.4, 0.5) is 10.1 Å². The Morgan fingerprint density at radius 1 is 0.938 bits per heavy atom. The van der Waals surface area contributed by atoms with E-state index in [0.717, 1.165) is 28.6 Å². The first-order chi connectivity index (χ1) is 15.0. The van der Waals surface area contributed by atoms with Crippen molar-refractivity contribution in [2.24, 2.45) is 0 Å². The van der Waals surface area contributed by atoms with Crippen LogP contribution in [0.3, 0.4) is 0 Å². The van der Waals surface area contributed by atoms with Gasteiger partial charge in [0.05, 0.1) is 16.3 Å². The number of amides is 1. The molecule has 1 heterocycles. The molecule has 0 radical (unpaired) electrons. The Morgan fingerprint density at radius 2 is 1.47 bits per heavy atom. The quantitative estimate of drug-likeness (QED) is 0.629. The van der Waals surface area contributed by atoms with Crippen LogP contribution in [0.2, 0.25) is 0 Å². The molecular formula is C20H25FN4O5S2. The van der Waals surface area contributed by atoms with Crippen LogP contribution in [-0.4, -0.2) is 83.1 Å². The molecule has 174 valence electrons. The number of anilines is 1. The lowest BCUT2D eigenvalue weighted by atomic mass is 10.3. The molecule has 0 unspecified atom stereocenters. The number of benzene rings is 2. The summed E-state index contributed by atoms with van der Waals surface area (Å²) in [6.07, 6.45) is 0. The van der Waals surface area contributed by atoms with Crippen molar-refractivity contribution in [2.75, 3.05) is 52.1 Å². The van der Waals surface area contributed by atoms with Crippen LogP contribution in [0, 0.1) is 5.82 Å². The molecule has 0 atom stereocenters. The van der Waals surface area contributed by atoms with Crippen LogP contribution in [-0.2, 0) is 24.8 Å². The van der Waals surface area contributed by atoms with Crippen molar-refractivity contribution in [2.45, 2.75) is 9.79 Å². The zero-order chi connectivity index (χ0) is 23.5. The maximum atomic E-state index is 13.0. The average molecular weight is 485 g/mol. The largest absolute Gasteiger partial charge is 0.325 e. The van der Waals surface area contributed by atoms with E-state index in [2.05, 4.69) is 10.2 Å². The van der Waals surface area contributed by atoms with Crippen LogP contribution in [0.25, 0.3) is 0 Å². The van der Waals surface area contributed by atoms with Crippen molar-refractivity contribution in [3.63, 3.8) is 0 Å². The number of nitrogens with zero attached hydrogens (tertiary/aromatic N) is 3. The van der Waals surface area contributed by atoms with Crippen molar-refractivity contribution in [3.8, 4) is 0 Å². The van der Waals surface area contributed by atoms with Crippen LogP contribution >= 0.6 is 0 Å². The van der Waals surface area contributed by atoms with Gasteiger partial charge in [-0.25, -0.2) is 21.2 Å². The van der Waals surface area contributed by atoms with E-state index in [9.17, 15) is 26.0 Å². The van der Waals surface area contributed by atoms with E-state index in [1.807, 2.05) is 7.05 Å². The van der Waals surface area contributed by atoms with Gasteiger partial charge in [-0.2, -0.15) is 8.61 Å². The minimum Gasteiger partial charge on any atom is -0.325 e. The predicted molar refractivity (Wildman–Crippen MR) is 118 cm³/mol. The summed E-state index contributed by atoms with van der Waals surface area (Å²) in [5.41, 5.74) is 0.333. The molecule has 1 saturated heterocycles. The number of hydrogen-bond acceptors (Lipinski definition) is 6. The molecule has 3 rings (SSSR count). The van der Waals surface area contributed by atoms with E-state index >= 15 is 0 Å². The second-order valence-electron chi connectivity index (χ2n) is 7.49. The van der Waals surface area contributed by atoms with Crippen molar-refractivity contribution in [1.29, 1.82) is 0 Å². The van der Waals surface area contributed by atoms with Crippen molar-refractivity contribution in [3.05, 3.63) is 54.3 Å². The van der Waals surface area contributed by atoms with Gasteiger partial charge in [0.2, 0.25) is 26.0 Å². The van der Waals surface area contributed by atoms with Crippen molar-refractivity contribution < 1.29 is 26.0 Å². The lowest BCUT2D eigenvalue weighted by Gasteiger charge is -2.31. The number of hydrogen-bond donors (Lipinski definition) is 1. The van der Waals surface area contributed by atoms with Gasteiger partial charge >= 0.3 is 0 Å². The maximum Gasteiger partial charge on any atom is 0.243 e. The van der Waals surface area contributed by atoms with Gasteiger partial charge in [0, 0.05) is 38.9 Å². The first-order valence-electron chi connectivity index (χ1n) is 9.81. The molecule has 9 nitrogen and oxygen atoms in total. The van der Waals surface area contributed by atoms with Crippen LogP contribution < -0.4 is 5.32 Å². The molecule has 0 aliphatic carbocycles. The molecule has 32 heavy (non-hydrogen) atoms. The third-order valence-electron chi connectivity index (χ3n) is 5.13. The summed E-state index contributed by atoms with van der Waals surface area (Å²) in [6, 6.07) is 10.0. The average Bonchev–Trinajstić information content (AvgIpc) is 2.74. The lowest BCUT2D eigenvalue weighted by molar-refractivity contribution is -0.116. The lowest BCUT2D eigenvalue weighted by Crippen LogP contribution is -2.46. The molecule has 1 amide bonds. The van der Waals surface area contributed by atoms with Crippen molar-refractivity contribution in [1.82, 2.24) is 13.5 Å². The zero-order valence-corrected chi connectivity index (χ0v) is 19.4. The fourth-order valence-corrected chi connectivity index (χ4v) is 5.71. The third-order valence-corrected chi connectivity index (χ3v) is 8.86. The summed E-state index contributed by atoms with van der Waals surface area (Å²) in [7, 11) is -4.42. The highest BCUT2D eigenvalue weighted by Gasteiger charge is 2.27. The fourth-order valence-electron chi connectivity index (χ4n) is 3.16. The molecule has 12 heteroatoms. The molecule has 1 aliphatic rings. The highest BCUT2D eigenvalue weighted by atomic mass is 32.2. The van der Waals surface area contributed by atoms with E-state index < -0.39 is 38.3 Å². The Bertz CT molecular complexity index is 1160. The standard InChI is InChI=1S/C20H25FN4O5S2/c1-23-11-13-25(14-12-23)32(29,30)19-9-5-17(6-10-19)22-20(26)15-24(2)31(27,28)18-7-3-16(21)4-8-18/h3-10H,11-15H2,1-2H3,(H,22,26). The Kier molecular flexibility index (Phi) is 7.30. The SMILES string of the molecule is CN1CCN(S(=O)(=O)c2ccc(NC(=O)CN(C)S(=O)(=O)c3ccc(F)cc3)cc2)CC1. The number of halogens is 1. The van der Waals surface area contributed by atoms with E-state index in [1.54, 1.807) is 0 Å². The minimum absolute atomic E-state index is 0.121. The number of carbonyl (C=O) groups excluding carboxylic acids is 1.